The summed E-state index contributed by atoms with van der Waals surface area (Å²) in [7, 11) is 0. The standard InChI is InChI=1S/C16H25N5O2/c1-11-18-14(21-22-11)16(8-6-5-7-9-16)17-10-12-19-13(20-23-12)15(2,3)4/h17H,5-10H2,1-4H3. The van der Waals surface area contributed by atoms with Gasteiger partial charge >= 0.3 is 0 Å². The van der Waals surface area contributed by atoms with E-state index in [1.54, 1.807) is 0 Å². The highest BCUT2D eigenvalue weighted by Gasteiger charge is 2.38. The Bertz CT molecular complexity index is 649. The van der Waals surface area contributed by atoms with Crippen LogP contribution in [0.2, 0.25) is 0 Å². The zero-order valence-electron chi connectivity index (χ0n) is 14.3. The van der Waals surface area contributed by atoms with Gasteiger partial charge in [-0.3, -0.25) is 5.32 Å². The lowest BCUT2D eigenvalue weighted by molar-refractivity contribution is 0.201. The number of rotatable bonds is 4. The van der Waals surface area contributed by atoms with Crippen molar-refractivity contribution >= 4 is 0 Å². The second-order valence-corrected chi connectivity index (χ2v) is 7.40. The molecule has 1 saturated carbocycles. The summed E-state index contributed by atoms with van der Waals surface area (Å²) < 4.78 is 10.6. The fraction of sp³-hybridized carbons (Fsp3) is 0.750. The maximum atomic E-state index is 5.38. The van der Waals surface area contributed by atoms with Gasteiger partial charge in [0, 0.05) is 12.3 Å². The molecule has 0 bridgehead atoms. The Hall–Kier alpha value is -1.76. The summed E-state index contributed by atoms with van der Waals surface area (Å²) in [5.41, 5.74) is -0.374. The van der Waals surface area contributed by atoms with Crippen LogP contribution in [0.4, 0.5) is 0 Å². The second kappa shape index (κ2) is 6.03. The third-order valence-electron chi connectivity index (χ3n) is 4.38. The highest BCUT2D eigenvalue weighted by atomic mass is 16.5. The van der Waals surface area contributed by atoms with Crippen molar-refractivity contribution in [3.63, 3.8) is 0 Å². The SMILES string of the molecule is Cc1nc(C2(NCc3nc(C(C)(C)C)no3)CCCCC2)no1. The molecule has 0 saturated heterocycles. The maximum Gasteiger partial charge on any atom is 0.240 e. The van der Waals surface area contributed by atoms with E-state index in [0.717, 1.165) is 37.3 Å². The molecule has 3 rings (SSSR count). The van der Waals surface area contributed by atoms with Crippen molar-refractivity contribution < 1.29 is 9.05 Å². The molecule has 0 spiro atoms. The van der Waals surface area contributed by atoms with Crippen LogP contribution in [-0.4, -0.2) is 20.3 Å². The van der Waals surface area contributed by atoms with E-state index in [2.05, 4.69) is 46.4 Å². The zero-order chi connectivity index (χ0) is 16.5. The highest BCUT2D eigenvalue weighted by molar-refractivity contribution is 5.08. The quantitative estimate of drug-likeness (QED) is 0.926. The van der Waals surface area contributed by atoms with Crippen molar-refractivity contribution in [1.29, 1.82) is 0 Å². The predicted molar refractivity (Wildman–Crippen MR) is 83.6 cm³/mol. The van der Waals surface area contributed by atoms with Crippen LogP contribution >= 0.6 is 0 Å². The van der Waals surface area contributed by atoms with Gasteiger partial charge in [0.15, 0.2) is 11.6 Å². The molecule has 7 heteroatoms. The molecule has 23 heavy (non-hydrogen) atoms. The van der Waals surface area contributed by atoms with E-state index in [0.29, 0.717) is 18.3 Å². The summed E-state index contributed by atoms with van der Waals surface area (Å²) in [6, 6.07) is 0. The van der Waals surface area contributed by atoms with E-state index in [-0.39, 0.29) is 11.0 Å². The first-order valence-corrected chi connectivity index (χ1v) is 8.28. The number of aryl methyl sites for hydroxylation is 1. The Balaban J connectivity index is 1.76. The van der Waals surface area contributed by atoms with Crippen LogP contribution in [0.1, 0.15) is 76.3 Å². The molecule has 126 valence electrons. The Labute approximate surface area is 136 Å². The first-order chi connectivity index (χ1) is 10.9. The minimum atomic E-state index is -0.258. The monoisotopic (exact) mass is 319 g/mol. The minimum absolute atomic E-state index is 0.116. The first kappa shape index (κ1) is 16.1. The maximum absolute atomic E-state index is 5.38. The molecule has 1 aliphatic carbocycles. The van der Waals surface area contributed by atoms with Crippen LogP contribution in [0.25, 0.3) is 0 Å². The van der Waals surface area contributed by atoms with Gasteiger partial charge in [-0.15, -0.1) is 0 Å². The third kappa shape index (κ3) is 3.44. The number of aromatic nitrogens is 4. The lowest BCUT2D eigenvalue weighted by Crippen LogP contribution is -2.44. The molecule has 0 amide bonds. The normalized spacial score (nSPS) is 18.3. The predicted octanol–water partition coefficient (Wildman–Crippen LogP) is 3.01. The Morgan fingerprint density at radius 3 is 2.35 bits per heavy atom. The van der Waals surface area contributed by atoms with Gasteiger partial charge in [0.05, 0.1) is 12.1 Å². The molecule has 7 nitrogen and oxygen atoms in total. The van der Waals surface area contributed by atoms with Gasteiger partial charge in [-0.25, -0.2) is 0 Å². The lowest BCUT2D eigenvalue weighted by Gasteiger charge is -2.35. The Kier molecular flexibility index (Phi) is 4.23. The molecule has 0 aliphatic heterocycles. The number of nitrogens with zero attached hydrogens (tertiary/aromatic N) is 4. The highest BCUT2D eigenvalue weighted by Crippen LogP contribution is 2.36. The molecule has 2 heterocycles. The molecule has 1 fully saturated rings. The van der Waals surface area contributed by atoms with Gasteiger partial charge in [0.25, 0.3) is 0 Å². The average molecular weight is 319 g/mol. The zero-order valence-corrected chi connectivity index (χ0v) is 14.3. The van der Waals surface area contributed by atoms with Crippen LogP contribution < -0.4 is 5.32 Å². The molecule has 0 aromatic carbocycles. The van der Waals surface area contributed by atoms with E-state index < -0.39 is 0 Å². The van der Waals surface area contributed by atoms with E-state index in [9.17, 15) is 0 Å². The largest absolute Gasteiger partial charge is 0.340 e. The Morgan fingerprint density at radius 2 is 1.78 bits per heavy atom. The van der Waals surface area contributed by atoms with Crippen molar-refractivity contribution in [1.82, 2.24) is 25.6 Å². The third-order valence-corrected chi connectivity index (χ3v) is 4.38. The summed E-state index contributed by atoms with van der Waals surface area (Å²) in [6.07, 6.45) is 5.53. The first-order valence-electron chi connectivity index (χ1n) is 8.28. The van der Waals surface area contributed by atoms with Crippen molar-refractivity contribution in [2.45, 2.75) is 77.3 Å². The van der Waals surface area contributed by atoms with Crippen molar-refractivity contribution in [3.8, 4) is 0 Å². The molecule has 1 aliphatic rings. The van der Waals surface area contributed by atoms with Crippen LogP contribution in [-0.2, 0) is 17.5 Å². The molecule has 2 aromatic rings. The topological polar surface area (TPSA) is 89.9 Å². The number of hydrogen-bond donors (Lipinski definition) is 1. The van der Waals surface area contributed by atoms with Gasteiger partial charge in [0.1, 0.15) is 0 Å². The van der Waals surface area contributed by atoms with Gasteiger partial charge in [-0.05, 0) is 12.8 Å². The molecule has 1 N–H and O–H groups in total. The van der Waals surface area contributed by atoms with Gasteiger partial charge < -0.3 is 9.05 Å². The van der Waals surface area contributed by atoms with Crippen LogP contribution in [0.3, 0.4) is 0 Å². The van der Waals surface area contributed by atoms with Crippen molar-refractivity contribution in [2.24, 2.45) is 0 Å². The van der Waals surface area contributed by atoms with Gasteiger partial charge in [0.2, 0.25) is 11.8 Å². The van der Waals surface area contributed by atoms with Crippen molar-refractivity contribution in [3.05, 3.63) is 23.4 Å². The van der Waals surface area contributed by atoms with Crippen LogP contribution in [0.15, 0.2) is 9.05 Å². The molecular weight excluding hydrogens is 294 g/mol. The smallest absolute Gasteiger partial charge is 0.240 e. The summed E-state index contributed by atoms with van der Waals surface area (Å²) >= 11 is 0. The van der Waals surface area contributed by atoms with Crippen LogP contribution in [0.5, 0.6) is 0 Å². The fourth-order valence-corrected chi connectivity index (χ4v) is 3.00. The van der Waals surface area contributed by atoms with Crippen molar-refractivity contribution in [2.75, 3.05) is 0 Å². The minimum Gasteiger partial charge on any atom is -0.340 e. The second-order valence-electron chi connectivity index (χ2n) is 7.40. The summed E-state index contributed by atoms with van der Waals surface area (Å²) in [4.78, 5) is 8.95. The van der Waals surface area contributed by atoms with Gasteiger partial charge in [-0.2, -0.15) is 9.97 Å². The van der Waals surface area contributed by atoms with E-state index >= 15 is 0 Å². The number of hydrogen-bond acceptors (Lipinski definition) is 7. The summed E-state index contributed by atoms with van der Waals surface area (Å²) in [5, 5.41) is 11.8. The van der Waals surface area contributed by atoms with Crippen LogP contribution in [0, 0.1) is 6.92 Å². The summed E-state index contributed by atoms with van der Waals surface area (Å²) in [5.74, 6) is 2.66. The average Bonchev–Trinajstić information content (AvgIpc) is 3.15. The van der Waals surface area contributed by atoms with Gasteiger partial charge in [-0.1, -0.05) is 50.3 Å². The number of nitrogens with one attached hydrogen (secondary N) is 1. The van der Waals surface area contributed by atoms with E-state index in [4.69, 9.17) is 9.05 Å². The molecule has 0 atom stereocenters. The molecule has 2 aromatic heterocycles. The molecule has 0 radical (unpaired) electrons. The fourth-order valence-electron chi connectivity index (χ4n) is 3.00. The molecular formula is C16H25N5O2. The molecule has 0 unspecified atom stereocenters. The van der Waals surface area contributed by atoms with E-state index in [1.807, 2.05) is 6.92 Å². The Morgan fingerprint density at radius 1 is 1.04 bits per heavy atom. The van der Waals surface area contributed by atoms with E-state index in [1.165, 1.54) is 6.42 Å². The lowest BCUT2D eigenvalue weighted by atomic mass is 9.81. The summed E-state index contributed by atoms with van der Waals surface area (Å²) in [6.45, 7) is 8.54.